The van der Waals surface area contributed by atoms with Crippen LogP contribution in [0.1, 0.15) is 20.3 Å². The highest BCUT2D eigenvalue weighted by molar-refractivity contribution is 5.90. The van der Waals surface area contributed by atoms with Crippen molar-refractivity contribution in [3.05, 3.63) is 0 Å². The summed E-state index contributed by atoms with van der Waals surface area (Å²) >= 11 is 0. The first kappa shape index (κ1) is 13.8. The Labute approximate surface area is 102 Å². The van der Waals surface area contributed by atoms with Gasteiger partial charge >= 0.3 is 6.03 Å². The molecule has 0 aromatic heterocycles. The maximum atomic E-state index is 12.4. The number of carbonyl (C=O) groups excluding carboxylic acids is 2. The maximum absolute atomic E-state index is 12.4. The summed E-state index contributed by atoms with van der Waals surface area (Å²) in [5.41, 5.74) is -0.822. The molecule has 0 aromatic rings. The van der Waals surface area contributed by atoms with Gasteiger partial charge in [0.1, 0.15) is 5.54 Å². The van der Waals surface area contributed by atoms with Crippen molar-refractivity contribution in [2.45, 2.75) is 25.8 Å². The third-order valence-corrected chi connectivity index (χ3v) is 3.20. The highest BCUT2D eigenvalue weighted by atomic mass is 16.2. The number of carbonyl (C=O) groups is 2. The minimum absolute atomic E-state index is 0.00917. The minimum Gasteiger partial charge on any atom is -0.341 e. The van der Waals surface area contributed by atoms with Crippen LogP contribution in [0.5, 0.6) is 0 Å². The normalized spacial score (nSPS) is 19.4. The lowest BCUT2D eigenvalue weighted by molar-refractivity contribution is -0.138. The topological polar surface area (TPSA) is 73.5 Å². The summed E-state index contributed by atoms with van der Waals surface area (Å²) in [6.45, 7) is 6.69. The predicted molar refractivity (Wildman–Crippen MR) is 65.7 cm³/mol. The van der Waals surface area contributed by atoms with Gasteiger partial charge in [-0.05, 0) is 13.3 Å². The van der Waals surface area contributed by atoms with Gasteiger partial charge in [-0.3, -0.25) is 4.79 Å². The fourth-order valence-corrected chi connectivity index (χ4v) is 1.82. The van der Waals surface area contributed by atoms with Gasteiger partial charge in [-0.1, -0.05) is 6.92 Å². The molecule has 0 aliphatic carbocycles. The number of amides is 3. The van der Waals surface area contributed by atoms with Crippen molar-refractivity contribution < 1.29 is 9.59 Å². The molecular formula is C11H22N4O2. The van der Waals surface area contributed by atoms with Crippen LogP contribution in [0.15, 0.2) is 0 Å². The molecule has 1 aliphatic rings. The molecule has 0 aromatic carbocycles. The standard InChI is InChI=1S/C11H22N4O2/c1-4-11(2,14-10(17)12-3)9(16)15-7-5-13-6-8-15/h13H,4-8H2,1-3H3,(H2,12,14,17). The van der Waals surface area contributed by atoms with E-state index in [0.717, 1.165) is 13.1 Å². The van der Waals surface area contributed by atoms with E-state index in [-0.39, 0.29) is 11.9 Å². The number of hydrogen-bond acceptors (Lipinski definition) is 3. The zero-order chi connectivity index (χ0) is 12.9. The Bertz CT molecular complexity index is 289. The summed E-state index contributed by atoms with van der Waals surface area (Å²) in [5, 5.41) is 8.41. The molecule has 1 rings (SSSR count). The Hall–Kier alpha value is -1.30. The Kier molecular flexibility index (Phi) is 4.74. The van der Waals surface area contributed by atoms with Crippen molar-refractivity contribution in [1.29, 1.82) is 0 Å². The molecule has 98 valence electrons. The van der Waals surface area contributed by atoms with E-state index in [0.29, 0.717) is 19.5 Å². The molecule has 1 unspecified atom stereocenters. The van der Waals surface area contributed by atoms with Gasteiger partial charge in [0.25, 0.3) is 0 Å². The van der Waals surface area contributed by atoms with Gasteiger partial charge in [-0.2, -0.15) is 0 Å². The van der Waals surface area contributed by atoms with Crippen LogP contribution in [0.25, 0.3) is 0 Å². The molecule has 0 spiro atoms. The van der Waals surface area contributed by atoms with E-state index in [2.05, 4.69) is 16.0 Å². The van der Waals surface area contributed by atoms with E-state index in [9.17, 15) is 9.59 Å². The van der Waals surface area contributed by atoms with E-state index >= 15 is 0 Å². The van der Waals surface area contributed by atoms with E-state index in [1.807, 2.05) is 6.92 Å². The average molecular weight is 242 g/mol. The van der Waals surface area contributed by atoms with Gasteiger partial charge in [-0.25, -0.2) is 4.79 Å². The fraction of sp³-hybridized carbons (Fsp3) is 0.818. The summed E-state index contributed by atoms with van der Waals surface area (Å²) in [7, 11) is 1.54. The third-order valence-electron chi connectivity index (χ3n) is 3.20. The summed E-state index contributed by atoms with van der Waals surface area (Å²) in [4.78, 5) is 25.5. The first-order valence-electron chi connectivity index (χ1n) is 6.03. The largest absolute Gasteiger partial charge is 0.341 e. The number of nitrogens with one attached hydrogen (secondary N) is 3. The van der Waals surface area contributed by atoms with Crippen LogP contribution in [0.4, 0.5) is 4.79 Å². The molecule has 0 saturated carbocycles. The second-order valence-electron chi connectivity index (χ2n) is 4.43. The fourth-order valence-electron chi connectivity index (χ4n) is 1.82. The third kappa shape index (κ3) is 3.33. The molecule has 1 fully saturated rings. The SMILES string of the molecule is CCC(C)(NC(=O)NC)C(=O)N1CCNCC1. The zero-order valence-electron chi connectivity index (χ0n) is 10.8. The Balaban J connectivity index is 2.69. The van der Waals surface area contributed by atoms with Gasteiger partial charge in [-0.15, -0.1) is 0 Å². The molecule has 1 heterocycles. The Morgan fingerprint density at radius 2 is 1.94 bits per heavy atom. The highest BCUT2D eigenvalue weighted by Gasteiger charge is 2.36. The van der Waals surface area contributed by atoms with Crippen LogP contribution in [0, 0.1) is 0 Å². The number of rotatable bonds is 3. The predicted octanol–water partition coefficient (Wildman–Crippen LogP) is -0.484. The molecule has 6 heteroatoms. The molecule has 17 heavy (non-hydrogen) atoms. The Morgan fingerprint density at radius 1 is 1.35 bits per heavy atom. The van der Waals surface area contributed by atoms with Gasteiger partial charge in [0, 0.05) is 33.2 Å². The van der Waals surface area contributed by atoms with Crippen LogP contribution >= 0.6 is 0 Å². The van der Waals surface area contributed by atoms with Crippen LogP contribution < -0.4 is 16.0 Å². The van der Waals surface area contributed by atoms with E-state index < -0.39 is 5.54 Å². The zero-order valence-corrected chi connectivity index (χ0v) is 10.8. The lowest BCUT2D eigenvalue weighted by Crippen LogP contribution is -2.61. The first-order valence-corrected chi connectivity index (χ1v) is 6.03. The molecule has 1 atom stereocenters. The van der Waals surface area contributed by atoms with Gasteiger partial charge < -0.3 is 20.9 Å². The molecule has 0 radical (unpaired) electrons. The quantitative estimate of drug-likeness (QED) is 0.625. The molecule has 6 nitrogen and oxygen atoms in total. The van der Waals surface area contributed by atoms with Crippen molar-refractivity contribution in [2.75, 3.05) is 33.2 Å². The van der Waals surface area contributed by atoms with Crippen molar-refractivity contribution in [1.82, 2.24) is 20.9 Å². The van der Waals surface area contributed by atoms with E-state index in [4.69, 9.17) is 0 Å². The molecule has 0 bridgehead atoms. The maximum Gasteiger partial charge on any atom is 0.315 e. The van der Waals surface area contributed by atoms with Crippen molar-refractivity contribution >= 4 is 11.9 Å². The van der Waals surface area contributed by atoms with Crippen molar-refractivity contribution in [3.63, 3.8) is 0 Å². The molecule has 3 N–H and O–H groups in total. The van der Waals surface area contributed by atoms with Gasteiger partial charge in [0.2, 0.25) is 5.91 Å². The van der Waals surface area contributed by atoms with Crippen LogP contribution in [0.3, 0.4) is 0 Å². The summed E-state index contributed by atoms with van der Waals surface area (Å²) in [6.07, 6.45) is 0.573. The minimum atomic E-state index is -0.822. The Morgan fingerprint density at radius 3 is 2.41 bits per heavy atom. The van der Waals surface area contributed by atoms with Crippen LogP contribution in [-0.4, -0.2) is 55.6 Å². The molecule has 3 amide bonds. The summed E-state index contributed by atoms with van der Waals surface area (Å²) in [5.74, 6) is -0.00917. The van der Waals surface area contributed by atoms with E-state index in [1.165, 1.54) is 0 Å². The lowest BCUT2D eigenvalue weighted by Gasteiger charge is -2.36. The van der Waals surface area contributed by atoms with E-state index in [1.54, 1.807) is 18.9 Å². The second kappa shape index (κ2) is 5.86. The summed E-state index contributed by atoms with van der Waals surface area (Å²) in [6, 6.07) is -0.321. The van der Waals surface area contributed by atoms with Crippen LogP contribution in [-0.2, 0) is 4.79 Å². The number of hydrogen-bond donors (Lipinski definition) is 3. The summed E-state index contributed by atoms with van der Waals surface area (Å²) < 4.78 is 0. The monoisotopic (exact) mass is 242 g/mol. The van der Waals surface area contributed by atoms with Gasteiger partial charge in [0.05, 0.1) is 0 Å². The van der Waals surface area contributed by atoms with Gasteiger partial charge in [0.15, 0.2) is 0 Å². The average Bonchev–Trinajstić information content (AvgIpc) is 2.38. The van der Waals surface area contributed by atoms with Crippen molar-refractivity contribution in [3.8, 4) is 0 Å². The number of urea groups is 1. The molecular weight excluding hydrogens is 220 g/mol. The first-order chi connectivity index (χ1) is 8.03. The smallest absolute Gasteiger partial charge is 0.315 e. The number of nitrogens with zero attached hydrogens (tertiary/aromatic N) is 1. The highest BCUT2D eigenvalue weighted by Crippen LogP contribution is 2.14. The molecule has 1 saturated heterocycles. The second-order valence-corrected chi connectivity index (χ2v) is 4.43. The molecule has 1 aliphatic heterocycles. The number of piperazine rings is 1. The van der Waals surface area contributed by atoms with Crippen LogP contribution in [0.2, 0.25) is 0 Å². The van der Waals surface area contributed by atoms with Crippen molar-refractivity contribution in [2.24, 2.45) is 0 Å². The lowest BCUT2D eigenvalue weighted by atomic mass is 9.96.